The smallest absolute Gasteiger partial charge is 0.329 e. The highest BCUT2D eigenvalue weighted by atomic mass is 16.6. The van der Waals surface area contributed by atoms with E-state index in [1.54, 1.807) is 12.4 Å². The van der Waals surface area contributed by atoms with Crippen LogP contribution in [-0.4, -0.2) is 49.4 Å². The van der Waals surface area contributed by atoms with Gasteiger partial charge in [-0.1, -0.05) is 51.1 Å². The molecule has 3 atom stereocenters. The summed E-state index contributed by atoms with van der Waals surface area (Å²) in [5.74, 6) is -2.97. The van der Waals surface area contributed by atoms with Gasteiger partial charge in [0.2, 0.25) is 11.8 Å². The summed E-state index contributed by atoms with van der Waals surface area (Å²) in [5.41, 5.74) is 2.46. The number of hydrogen-bond donors (Lipinski definition) is 3. The average molecular weight is 408 g/mol. The maximum Gasteiger partial charge on any atom is 0.329 e. The van der Waals surface area contributed by atoms with Crippen LogP contribution in [0.15, 0.2) is 30.3 Å². The Balaban J connectivity index is 2.98. The molecular formula is C21H32N2O6. The molecule has 162 valence electrons. The summed E-state index contributed by atoms with van der Waals surface area (Å²) in [6.45, 7) is 5.77. The van der Waals surface area contributed by atoms with Gasteiger partial charge >= 0.3 is 5.97 Å². The normalized spacial score (nSPS) is 14.0. The maximum absolute atomic E-state index is 13.0. The molecule has 1 aromatic carbocycles. The zero-order valence-corrected chi connectivity index (χ0v) is 17.5. The van der Waals surface area contributed by atoms with E-state index in [-0.39, 0.29) is 25.6 Å². The van der Waals surface area contributed by atoms with Crippen molar-refractivity contribution in [2.24, 2.45) is 17.8 Å². The van der Waals surface area contributed by atoms with E-state index in [1.165, 1.54) is 7.11 Å². The van der Waals surface area contributed by atoms with Crippen LogP contribution >= 0.6 is 0 Å². The molecule has 0 aliphatic heterocycles. The van der Waals surface area contributed by atoms with Crippen LogP contribution in [0.25, 0.3) is 0 Å². The molecule has 1 aromatic rings. The molecule has 0 heterocycles. The second kappa shape index (κ2) is 12.9. The first kappa shape index (κ1) is 24.6. The predicted molar refractivity (Wildman–Crippen MR) is 107 cm³/mol. The Bertz CT molecular complexity index is 650. The third-order valence-electron chi connectivity index (χ3n) is 4.60. The molecule has 0 bridgehead atoms. The number of amides is 2. The van der Waals surface area contributed by atoms with Crippen LogP contribution < -0.4 is 10.8 Å². The highest BCUT2D eigenvalue weighted by Gasteiger charge is 2.33. The summed E-state index contributed by atoms with van der Waals surface area (Å²) in [7, 11) is 1.50. The number of hydroxylamine groups is 1. The third kappa shape index (κ3) is 8.62. The Labute approximate surface area is 171 Å². The van der Waals surface area contributed by atoms with Crippen molar-refractivity contribution in [3.05, 3.63) is 35.9 Å². The molecule has 0 radical (unpaired) electrons. The van der Waals surface area contributed by atoms with E-state index in [2.05, 4.69) is 5.32 Å². The number of hydrogen-bond acceptors (Lipinski definition) is 6. The van der Waals surface area contributed by atoms with E-state index in [0.29, 0.717) is 6.42 Å². The van der Waals surface area contributed by atoms with E-state index in [1.807, 2.05) is 44.2 Å². The first-order chi connectivity index (χ1) is 13.8. The maximum atomic E-state index is 13.0. The highest BCUT2D eigenvalue weighted by Crippen LogP contribution is 2.22. The first-order valence-corrected chi connectivity index (χ1v) is 9.73. The summed E-state index contributed by atoms with van der Waals surface area (Å²) < 4.78 is 10.1. The van der Waals surface area contributed by atoms with Crippen LogP contribution in [-0.2, 0) is 30.3 Å². The molecule has 1 rings (SSSR count). The predicted octanol–water partition coefficient (Wildman–Crippen LogP) is 1.71. The second-order valence-corrected chi connectivity index (χ2v) is 7.41. The molecule has 3 N–H and O–H groups in total. The molecule has 8 heteroatoms. The molecule has 0 spiro atoms. The molecule has 0 unspecified atom stereocenters. The van der Waals surface area contributed by atoms with E-state index < -0.39 is 35.7 Å². The summed E-state index contributed by atoms with van der Waals surface area (Å²) >= 11 is 0. The standard InChI is InChI=1S/C21H32N2O6/c1-14(2)12-17(15(3)19(24)23-27)20(25)22-18(21(26)29-11-10-28-4)13-16-8-6-5-7-9-16/h5-9,14-15,17-18,27H,10-13H2,1-4H3,(H,22,25)(H,23,24)/t15-,17+,18-/m0/s1. The van der Waals surface area contributed by atoms with Gasteiger partial charge in [-0.3, -0.25) is 14.8 Å². The molecule has 8 nitrogen and oxygen atoms in total. The second-order valence-electron chi connectivity index (χ2n) is 7.41. The van der Waals surface area contributed by atoms with Crippen molar-refractivity contribution >= 4 is 17.8 Å². The number of benzene rings is 1. The molecule has 2 amide bonds. The van der Waals surface area contributed by atoms with Crippen LogP contribution in [0.4, 0.5) is 0 Å². The van der Waals surface area contributed by atoms with E-state index >= 15 is 0 Å². The van der Waals surface area contributed by atoms with E-state index in [0.717, 1.165) is 5.56 Å². The van der Waals surface area contributed by atoms with Crippen LogP contribution in [0.2, 0.25) is 0 Å². The Hall–Kier alpha value is -2.45. The van der Waals surface area contributed by atoms with Crippen LogP contribution in [0.3, 0.4) is 0 Å². The number of ether oxygens (including phenoxy) is 2. The molecular weight excluding hydrogens is 376 g/mol. The monoisotopic (exact) mass is 408 g/mol. The SMILES string of the molecule is COCCOC(=O)[C@H](Cc1ccccc1)NC(=O)[C@H](CC(C)C)[C@H](C)C(=O)NO. The topological polar surface area (TPSA) is 114 Å². The van der Waals surface area contributed by atoms with Gasteiger partial charge < -0.3 is 14.8 Å². The minimum absolute atomic E-state index is 0.0786. The Morgan fingerprint density at radius 2 is 1.69 bits per heavy atom. The van der Waals surface area contributed by atoms with Gasteiger partial charge in [0, 0.05) is 25.4 Å². The molecule has 0 saturated carbocycles. The van der Waals surface area contributed by atoms with E-state index in [9.17, 15) is 14.4 Å². The fourth-order valence-corrected chi connectivity index (χ4v) is 2.98. The van der Waals surface area contributed by atoms with Crippen LogP contribution in [0.5, 0.6) is 0 Å². The Kier molecular flexibility index (Phi) is 10.9. The highest BCUT2D eigenvalue weighted by molar-refractivity contribution is 5.90. The molecule has 0 aromatic heterocycles. The number of rotatable bonds is 12. The average Bonchev–Trinajstić information content (AvgIpc) is 2.71. The number of carbonyl (C=O) groups is 3. The fourth-order valence-electron chi connectivity index (χ4n) is 2.98. The molecule has 0 saturated heterocycles. The lowest BCUT2D eigenvalue weighted by atomic mass is 9.85. The van der Waals surface area contributed by atoms with Gasteiger partial charge in [0.05, 0.1) is 6.61 Å². The molecule has 0 fully saturated rings. The van der Waals surface area contributed by atoms with Crippen molar-refractivity contribution in [1.82, 2.24) is 10.8 Å². The van der Waals surface area contributed by atoms with Gasteiger partial charge in [-0.25, -0.2) is 10.3 Å². The lowest BCUT2D eigenvalue weighted by molar-refractivity contribution is -0.150. The van der Waals surface area contributed by atoms with Crippen molar-refractivity contribution < 1.29 is 29.1 Å². The van der Waals surface area contributed by atoms with Gasteiger partial charge in [0.25, 0.3) is 0 Å². The van der Waals surface area contributed by atoms with Gasteiger partial charge in [0.1, 0.15) is 12.6 Å². The minimum Gasteiger partial charge on any atom is -0.462 e. The number of esters is 1. The molecule has 0 aliphatic rings. The molecule has 29 heavy (non-hydrogen) atoms. The number of methoxy groups -OCH3 is 1. The van der Waals surface area contributed by atoms with Crippen molar-refractivity contribution in [3.63, 3.8) is 0 Å². The minimum atomic E-state index is -0.902. The summed E-state index contributed by atoms with van der Waals surface area (Å²) in [4.78, 5) is 37.4. The lowest BCUT2D eigenvalue weighted by Gasteiger charge is -2.26. The van der Waals surface area contributed by atoms with E-state index in [4.69, 9.17) is 14.7 Å². The van der Waals surface area contributed by atoms with Crippen molar-refractivity contribution in [2.45, 2.75) is 39.7 Å². The first-order valence-electron chi connectivity index (χ1n) is 9.73. The summed E-state index contributed by atoms with van der Waals surface area (Å²) in [6.07, 6.45) is 0.685. The number of carbonyl (C=O) groups excluding carboxylic acids is 3. The van der Waals surface area contributed by atoms with Gasteiger partial charge in [-0.15, -0.1) is 0 Å². The lowest BCUT2D eigenvalue weighted by Crippen LogP contribution is -2.48. The zero-order valence-electron chi connectivity index (χ0n) is 17.5. The largest absolute Gasteiger partial charge is 0.462 e. The van der Waals surface area contributed by atoms with Crippen molar-refractivity contribution in [3.8, 4) is 0 Å². The fraction of sp³-hybridized carbons (Fsp3) is 0.571. The Morgan fingerprint density at radius 3 is 2.24 bits per heavy atom. The number of nitrogens with one attached hydrogen (secondary N) is 2. The van der Waals surface area contributed by atoms with Crippen LogP contribution in [0, 0.1) is 17.8 Å². The quantitative estimate of drug-likeness (QED) is 0.210. The third-order valence-corrected chi connectivity index (χ3v) is 4.60. The van der Waals surface area contributed by atoms with Gasteiger partial charge in [-0.2, -0.15) is 0 Å². The summed E-state index contributed by atoms with van der Waals surface area (Å²) in [6, 6.07) is 8.37. The van der Waals surface area contributed by atoms with Gasteiger partial charge in [-0.05, 0) is 17.9 Å². The Morgan fingerprint density at radius 1 is 1.03 bits per heavy atom. The van der Waals surface area contributed by atoms with Gasteiger partial charge in [0.15, 0.2) is 0 Å². The molecule has 0 aliphatic carbocycles. The van der Waals surface area contributed by atoms with Crippen molar-refractivity contribution in [2.75, 3.05) is 20.3 Å². The summed E-state index contributed by atoms with van der Waals surface area (Å²) in [5, 5.41) is 11.7. The van der Waals surface area contributed by atoms with Crippen molar-refractivity contribution in [1.29, 1.82) is 0 Å². The van der Waals surface area contributed by atoms with Crippen LogP contribution in [0.1, 0.15) is 32.8 Å². The zero-order chi connectivity index (χ0) is 21.8.